The molecule has 3 unspecified atom stereocenters. The Morgan fingerprint density at radius 1 is 1.06 bits per heavy atom. The Labute approximate surface area is 101 Å². The summed E-state index contributed by atoms with van der Waals surface area (Å²) < 4.78 is 0. The minimum absolute atomic E-state index is 0.760. The molecule has 1 N–H and O–H groups in total. The van der Waals surface area contributed by atoms with Crippen LogP contribution in [0.15, 0.2) is 0 Å². The molecule has 0 spiro atoms. The predicted molar refractivity (Wildman–Crippen MR) is 70.5 cm³/mol. The van der Waals surface area contributed by atoms with Gasteiger partial charge in [0.15, 0.2) is 0 Å². The molecule has 0 aliphatic heterocycles. The van der Waals surface area contributed by atoms with Gasteiger partial charge in [-0.2, -0.15) is 0 Å². The lowest BCUT2D eigenvalue weighted by atomic mass is 9.84. The van der Waals surface area contributed by atoms with Gasteiger partial charge in [-0.15, -0.1) is 0 Å². The van der Waals surface area contributed by atoms with Crippen LogP contribution in [-0.2, 0) is 0 Å². The highest BCUT2D eigenvalue weighted by Crippen LogP contribution is 2.30. The largest absolute Gasteiger partial charge is 0.314 e. The van der Waals surface area contributed by atoms with Crippen molar-refractivity contribution in [2.24, 2.45) is 17.8 Å². The molecule has 0 radical (unpaired) electrons. The molecule has 0 aromatic rings. The Kier molecular flexibility index (Phi) is 4.69. The number of nitrogens with one attached hydrogen (secondary N) is 1. The van der Waals surface area contributed by atoms with Gasteiger partial charge in [0, 0.05) is 6.04 Å². The standard InChI is InChI=1S/C15H29N/c1-12-8-9-14(10-12)11-16-13(2)15-6-4-3-5-7-15/h12-16H,3-11H2,1-2H3. The zero-order valence-electron chi connectivity index (χ0n) is 11.2. The van der Waals surface area contributed by atoms with Gasteiger partial charge < -0.3 is 5.32 Å². The van der Waals surface area contributed by atoms with Gasteiger partial charge in [-0.1, -0.05) is 32.6 Å². The first-order valence-corrected chi connectivity index (χ1v) is 7.49. The lowest BCUT2D eigenvalue weighted by Crippen LogP contribution is -2.37. The number of hydrogen-bond donors (Lipinski definition) is 1. The number of hydrogen-bond acceptors (Lipinski definition) is 1. The van der Waals surface area contributed by atoms with Crippen molar-refractivity contribution in [3.63, 3.8) is 0 Å². The maximum atomic E-state index is 3.81. The first kappa shape index (κ1) is 12.4. The lowest BCUT2D eigenvalue weighted by molar-refractivity contribution is 0.271. The van der Waals surface area contributed by atoms with Crippen molar-refractivity contribution in [2.45, 2.75) is 71.3 Å². The van der Waals surface area contributed by atoms with Gasteiger partial charge in [-0.05, 0) is 56.9 Å². The second-order valence-corrected chi connectivity index (χ2v) is 6.38. The summed E-state index contributed by atoms with van der Waals surface area (Å²) in [6.07, 6.45) is 11.7. The van der Waals surface area contributed by atoms with Crippen LogP contribution in [0, 0.1) is 17.8 Å². The highest BCUT2D eigenvalue weighted by atomic mass is 14.9. The zero-order chi connectivity index (χ0) is 11.4. The minimum Gasteiger partial charge on any atom is -0.314 e. The summed E-state index contributed by atoms with van der Waals surface area (Å²) in [6.45, 7) is 6.10. The van der Waals surface area contributed by atoms with E-state index in [1.807, 2.05) is 0 Å². The van der Waals surface area contributed by atoms with Crippen molar-refractivity contribution in [3.8, 4) is 0 Å². The van der Waals surface area contributed by atoms with E-state index >= 15 is 0 Å². The van der Waals surface area contributed by atoms with Gasteiger partial charge in [-0.25, -0.2) is 0 Å². The van der Waals surface area contributed by atoms with Crippen LogP contribution in [0.2, 0.25) is 0 Å². The predicted octanol–water partition coefficient (Wildman–Crippen LogP) is 3.98. The third-order valence-corrected chi connectivity index (χ3v) is 4.89. The molecule has 3 atom stereocenters. The summed E-state index contributed by atoms with van der Waals surface area (Å²) in [4.78, 5) is 0. The molecular formula is C15H29N. The topological polar surface area (TPSA) is 12.0 Å². The van der Waals surface area contributed by atoms with Crippen LogP contribution in [-0.4, -0.2) is 12.6 Å². The van der Waals surface area contributed by atoms with Crippen LogP contribution >= 0.6 is 0 Å². The summed E-state index contributed by atoms with van der Waals surface area (Å²) in [6, 6.07) is 0.760. The molecule has 2 aliphatic carbocycles. The van der Waals surface area contributed by atoms with Crippen molar-refractivity contribution in [2.75, 3.05) is 6.54 Å². The average Bonchev–Trinajstić information content (AvgIpc) is 2.73. The summed E-state index contributed by atoms with van der Waals surface area (Å²) in [5, 5.41) is 3.81. The summed E-state index contributed by atoms with van der Waals surface area (Å²) in [7, 11) is 0. The van der Waals surface area contributed by atoms with Crippen molar-refractivity contribution in [3.05, 3.63) is 0 Å². The first-order chi connectivity index (χ1) is 7.75. The monoisotopic (exact) mass is 223 g/mol. The van der Waals surface area contributed by atoms with Crippen LogP contribution in [0.3, 0.4) is 0 Å². The molecule has 2 saturated carbocycles. The van der Waals surface area contributed by atoms with Crippen LogP contribution in [0.1, 0.15) is 65.2 Å². The van der Waals surface area contributed by atoms with Crippen LogP contribution < -0.4 is 5.32 Å². The third-order valence-electron chi connectivity index (χ3n) is 4.89. The molecule has 0 bridgehead atoms. The molecular weight excluding hydrogens is 194 g/mol. The van der Waals surface area contributed by atoms with E-state index in [9.17, 15) is 0 Å². The highest BCUT2D eigenvalue weighted by molar-refractivity contribution is 4.79. The summed E-state index contributed by atoms with van der Waals surface area (Å²) in [5.41, 5.74) is 0. The SMILES string of the molecule is CC1CCC(CNC(C)C2CCCCC2)C1. The average molecular weight is 223 g/mol. The highest BCUT2D eigenvalue weighted by Gasteiger charge is 2.24. The summed E-state index contributed by atoms with van der Waals surface area (Å²) in [5.74, 6) is 2.92. The lowest BCUT2D eigenvalue weighted by Gasteiger charge is -2.29. The quantitative estimate of drug-likeness (QED) is 0.760. The molecule has 0 heterocycles. The van der Waals surface area contributed by atoms with Crippen LogP contribution in [0.25, 0.3) is 0 Å². The zero-order valence-corrected chi connectivity index (χ0v) is 11.2. The first-order valence-electron chi connectivity index (χ1n) is 7.49. The van der Waals surface area contributed by atoms with Gasteiger partial charge in [0.25, 0.3) is 0 Å². The van der Waals surface area contributed by atoms with E-state index in [2.05, 4.69) is 19.2 Å². The van der Waals surface area contributed by atoms with Gasteiger partial charge >= 0.3 is 0 Å². The maximum absolute atomic E-state index is 3.81. The van der Waals surface area contributed by atoms with Gasteiger partial charge in [0.2, 0.25) is 0 Å². The fraction of sp³-hybridized carbons (Fsp3) is 1.00. The molecule has 2 aliphatic rings. The van der Waals surface area contributed by atoms with Crippen molar-refractivity contribution >= 4 is 0 Å². The van der Waals surface area contributed by atoms with E-state index in [0.717, 1.165) is 23.8 Å². The van der Waals surface area contributed by atoms with E-state index in [4.69, 9.17) is 0 Å². The van der Waals surface area contributed by atoms with Gasteiger partial charge in [0.05, 0.1) is 0 Å². The molecule has 94 valence electrons. The second-order valence-electron chi connectivity index (χ2n) is 6.38. The Morgan fingerprint density at radius 3 is 2.44 bits per heavy atom. The molecule has 1 heteroatoms. The van der Waals surface area contributed by atoms with Crippen molar-refractivity contribution in [1.29, 1.82) is 0 Å². The van der Waals surface area contributed by atoms with E-state index in [1.54, 1.807) is 0 Å². The Bertz CT molecular complexity index is 196. The Morgan fingerprint density at radius 2 is 1.81 bits per heavy atom. The molecule has 0 aromatic carbocycles. The van der Waals surface area contributed by atoms with Crippen molar-refractivity contribution < 1.29 is 0 Å². The molecule has 0 aromatic heterocycles. The maximum Gasteiger partial charge on any atom is 0.00671 e. The van der Waals surface area contributed by atoms with Gasteiger partial charge in [-0.3, -0.25) is 0 Å². The Hall–Kier alpha value is -0.0400. The van der Waals surface area contributed by atoms with E-state index < -0.39 is 0 Å². The summed E-state index contributed by atoms with van der Waals surface area (Å²) >= 11 is 0. The molecule has 2 fully saturated rings. The van der Waals surface area contributed by atoms with Crippen molar-refractivity contribution in [1.82, 2.24) is 5.32 Å². The van der Waals surface area contributed by atoms with Gasteiger partial charge in [0.1, 0.15) is 0 Å². The van der Waals surface area contributed by atoms with Crippen LogP contribution in [0.4, 0.5) is 0 Å². The normalized spacial score (nSPS) is 34.1. The number of rotatable bonds is 4. The molecule has 16 heavy (non-hydrogen) atoms. The van der Waals surface area contributed by atoms with E-state index in [-0.39, 0.29) is 0 Å². The fourth-order valence-electron chi connectivity index (χ4n) is 3.66. The smallest absolute Gasteiger partial charge is 0.00671 e. The minimum atomic E-state index is 0.760. The molecule has 1 nitrogen and oxygen atoms in total. The molecule has 0 amide bonds. The van der Waals surface area contributed by atoms with Crippen LogP contribution in [0.5, 0.6) is 0 Å². The van der Waals surface area contributed by atoms with E-state index in [1.165, 1.54) is 57.9 Å². The third kappa shape index (κ3) is 3.48. The molecule has 0 saturated heterocycles. The second kappa shape index (κ2) is 6.05. The molecule has 2 rings (SSSR count). The Balaban J connectivity index is 1.64. The fourth-order valence-corrected chi connectivity index (χ4v) is 3.66. The van der Waals surface area contributed by atoms with E-state index in [0.29, 0.717) is 0 Å².